The summed E-state index contributed by atoms with van der Waals surface area (Å²) in [6.45, 7) is 6.10. The van der Waals surface area contributed by atoms with Crippen molar-refractivity contribution in [3.8, 4) is 0 Å². The van der Waals surface area contributed by atoms with Gasteiger partial charge in [0.05, 0.1) is 11.3 Å². The van der Waals surface area contributed by atoms with Crippen molar-refractivity contribution >= 4 is 17.7 Å². The van der Waals surface area contributed by atoms with E-state index in [1.165, 1.54) is 0 Å². The zero-order valence-corrected chi connectivity index (χ0v) is 15.2. The largest absolute Gasteiger partial charge is 0.444 e. The van der Waals surface area contributed by atoms with Crippen molar-refractivity contribution in [3.63, 3.8) is 0 Å². The SMILES string of the molecule is CC(C)(C)OC(=O)Nc1ccccc1C(=O)N1CCCCC1CCO. The molecule has 6 heteroatoms. The topological polar surface area (TPSA) is 78.9 Å². The second-order valence-corrected chi connectivity index (χ2v) is 7.33. The van der Waals surface area contributed by atoms with Crippen LogP contribution in [0.15, 0.2) is 24.3 Å². The van der Waals surface area contributed by atoms with E-state index in [-0.39, 0.29) is 18.6 Å². The van der Waals surface area contributed by atoms with Crippen LogP contribution >= 0.6 is 0 Å². The van der Waals surface area contributed by atoms with E-state index in [9.17, 15) is 14.7 Å². The Kier molecular flexibility index (Phi) is 6.42. The van der Waals surface area contributed by atoms with E-state index in [1.807, 2.05) is 4.90 Å². The van der Waals surface area contributed by atoms with Gasteiger partial charge < -0.3 is 14.7 Å². The molecule has 0 aromatic heterocycles. The van der Waals surface area contributed by atoms with Crippen molar-refractivity contribution in [1.82, 2.24) is 4.90 Å². The number of aliphatic hydroxyl groups excluding tert-OH is 1. The van der Waals surface area contributed by atoms with Crippen LogP contribution in [0, 0.1) is 0 Å². The number of hydrogen-bond donors (Lipinski definition) is 2. The molecular formula is C19H28N2O4. The Balaban J connectivity index is 2.18. The Morgan fingerprint density at radius 2 is 2.00 bits per heavy atom. The predicted molar refractivity (Wildman–Crippen MR) is 96.7 cm³/mol. The average molecular weight is 348 g/mol. The highest BCUT2D eigenvalue weighted by molar-refractivity contribution is 6.02. The fourth-order valence-corrected chi connectivity index (χ4v) is 3.06. The molecule has 0 aliphatic carbocycles. The van der Waals surface area contributed by atoms with E-state index in [0.717, 1.165) is 19.3 Å². The number of carbonyl (C=O) groups excluding carboxylic acids is 2. The van der Waals surface area contributed by atoms with Crippen molar-refractivity contribution < 1.29 is 19.4 Å². The number of aliphatic hydroxyl groups is 1. The number of hydrogen-bond acceptors (Lipinski definition) is 4. The zero-order chi connectivity index (χ0) is 18.4. The van der Waals surface area contributed by atoms with Crippen molar-refractivity contribution in [2.45, 2.75) is 58.1 Å². The minimum atomic E-state index is -0.609. The first kappa shape index (κ1) is 19.2. The summed E-state index contributed by atoms with van der Waals surface area (Å²) < 4.78 is 5.27. The zero-order valence-electron chi connectivity index (χ0n) is 15.2. The van der Waals surface area contributed by atoms with Gasteiger partial charge >= 0.3 is 6.09 Å². The first-order valence-corrected chi connectivity index (χ1v) is 8.82. The maximum absolute atomic E-state index is 13.0. The average Bonchev–Trinajstić information content (AvgIpc) is 2.54. The van der Waals surface area contributed by atoms with E-state index in [1.54, 1.807) is 45.0 Å². The van der Waals surface area contributed by atoms with Crippen LogP contribution < -0.4 is 5.32 Å². The number of rotatable bonds is 4. The molecule has 138 valence electrons. The molecule has 6 nitrogen and oxygen atoms in total. The van der Waals surface area contributed by atoms with Gasteiger partial charge in [0.25, 0.3) is 5.91 Å². The number of para-hydroxylation sites is 1. The number of nitrogens with zero attached hydrogens (tertiary/aromatic N) is 1. The molecule has 2 N–H and O–H groups in total. The number of anilines is 1. The third-order valence-electron chi connectivity index (χ3n) is 4.14. The third-order valence-corrected chi connectivity index (χ3v) is 4.14. The van der Waals surface area contributed by atoms with Gasteiger partial charge in [0, 0.05) is 19.2 Å². The lowest BCUT2D eigenvalue weighted by Crippen LogP contribution is -2.44. The molecule has 0 bridgehead atoms. The van der Waals surface area contributed by atoms with Crippen LogP contribution in [-0.4, -0.2) is 46.8 Å². The summed E-state index contributed by atoms with van der Waals surface area (Å²) in [7, 11) is 0. The van der Waals surface area contributed by atoms with Crippen LogP contribution in [0.4, 0.5) is 10.5 Å². The second-order valence-electron chi connectivity index (χ2n) is 7.33. The molecule has 0 radical (unpaired) electrons. The fraction of sp³-hybridized carbons (Fsp3) is 0.579. The van der Waals surface area contributed by atoms with Gasteiger partial charge in [-0.25, -0.2) is 4.79 Å². The van der Waals surface area contributed by atoms with Gasteiger partial charge in [-0.3, -0.25) is 10.1 Å². The normalized spacial score (nSPS) is 17.9. The number of carbonyl (C=O) groups is 2. The van der Waals surface area contributed by atoms with Crippen molar-refractivity contribution in [1.29, 1.82) is 0 Å². The van der Waals surface area contributed by atoms with Crippen LogP contribution in [0.25, 0.3) is 0 Å². The highest BCUT2D eigenvalue weighted by atomic mass is 16.6. The van der Waals surface area contributed by atoms with Gasteiger partial charge in [-0.15, -0.1) is 0 Å². The Hall–Kier alpha value is -2.08. The third kappa shape index (κ3) is 5.46. The first-order valence-electron chi connectivity index (χ1n) is 8.82. The molecule has 2 rings (SSSR count). The van der Waals surface area contributed by atoms with E-state index < -0.39 is 11.7 Å². The van der Waals surface area contributed by atoms with Gasteiger partial charge in [0.15, 0.2) is 0 Å². The maximum atomic E-state index is 13.0. The number of piperidine rings is 1. The lowest BCUT2D eigenvalue weighted by Gasteiger charge is -2.36. The van der Waals surface area contributed by atoms with Crippen molar-refractivity contribution in [3.05, 3.63) is 29.8 Å². The molecule has 1 atom stereocenters. The summed E-state index contributed by atoms with van der Waals surface area (Å²) in [5.41, 5.74) is 0.274. The highest BCUT2D eigenvalue weighted by Gasteiger charge is 2.28. The standard InChI is InChI=1S/C19H28N2O4/c1-19(2,3)25-18(24)20-16-10-5-4-9-15(16)17(23)21-12-7-6-8-14(21)11-13-22/h4-5,9-10,14,22H,6-8,11-13H2,1-3H3,(H,20,24). The van der Waals surface area contributed by atoms with Crippen molar-refractivity contribution in [2.75, 3.05) is 18.5 Å². The summed E-state index contributed by atoms with van der Waals surface area (Å²) >= 11 is 0. The smallest absolute Gasteiger partial charge is 0.412 e. The number of ether oxygens (including phenoxy) is 1. The molecule has 25 heavy (non-hydrogen) atoms. The van der Waals surface area contributed by atoms with Crippen LogP contribution in [-0.2, 0) is 4.74 Å². The van der Waals surface area contributed by atoms with Crippen LogP contribution in [0.1, 0.15) is 56.8 Å². The first-order chi connectivity index (χ1) is 11.8. The quantitative estimate of drug-likeness (QED) is 0.874. The Morgan fingerprint density at radius 1 is 1.28 bits per heavy atom. The molecule has 1 saturated heterocycles. The molecule has 1 aromatic rings. The lowest BCUT2D eigenvalue weighted by molar-refractivity contribution is 0.0575. The molecule has 1 aliphatic rings. The monoisotopic (exact) mass is 348 g/mol. The van der Waals surface area contributed by atoms with Gasteiger partial charge in [0.2, 0.25) is 0 Å². The number of nitrogens with one attached hydrogen (secondary N) is 1. The summed E-state index contributed by atoms with van der Waals surface area (Å²) in [6, 6.07) is 6.99. The minimum Gasteiger partial charge on any atom is -0.444 e. The van der Waals surface area contributed by atoms with E-state index in [2.05, 4.69) is 5.32 Å². The maximum Gasteiger partial charge on any atom is 0.412 e. The van der Waals surface area contributed by atoms with Crippen molar-refractivity contribution in [2.24, 2.45) is 0 Å². The molecule has 1 aliphatic heterocycles. The molecule has 1 heterocycles. The van der Waals surface area contributed by atoms with Gasteiger partial charge in [0.1, 0.15) is 5.60 Å². The fourth-order valence-electron chi connectivity index (χ4n) is 3.06. The number of benzene rings is 1. The Bertz CT molecular complexity index is 608. The summed E-state index contributed by atoms with van der Waals surface area (Å²) in [4.78, 5) is 26.9. The summed E-state index contributed by atoms with van der Waals surface area (Å²) in [6.07, 6.45) is 2.90. The molecular weight excluding hydrogens is 320 g/mol. The molecule has 0 spiro atoms. The van der Waals surface area contributed by atoms with Gasteiger partial charge in [-0.05, 0) is 58.6 Å². The predicted octanol–water partition coefficient (Wildman–Crippen LogP) is 3.41. The Labute approximate surface area is 149 Å². The summed E-state index contributed by atoms with van der Waals surface area (Å²) in [5.74, 6) is -0.121. The number of likely N-dealkylation sites (tertiary alicyclic amines) is 1. The van der Waals surface area contributed by atoms with Crippen LogP contribution in [0.5, 0.6) is 0 Å². The minimum absolute atomic E-state index is 0.0424. The molecule has 1 unspecified atom stereocenters. The Morgan fingerprint density at radius 3 is 2.68 bits per heavy atom. The lowest BCUT2D eigenvalue weighted by atomic mass is 9.98. The number of amides is 2. The van der Waals surface area contributed by atoms with E-state index in [4.69, 9.17) is 4.74 Å². The molecule has 1 aromatic carbocycles. The molecule has 0 saturated carbocycles. The second kappa shape index (κ2) is 8.34. The van der Waals surface area contributed by atoms with E-state index >= 15 is 0 Å². The van der Waals surface area contributed by atoms with Crippen LogP contribution in [0.3, 0.4) is 0 Å². The molecule has 1 fully saturated rings. The van der Waals surface area contributed by atoms with Gasteiger partial charge in [-0.2, -0.15) is 0 Å². The van der Waals surface area contributed by atoms with Gasteiger partial charge in [-0.1, -0.05) is 12.1 Å². The molecule has 2 amide bonds. The summed E-state index contributed by atoms with van der Waals surface area (Å²) in [5, 5.41) is 11.9. The van der Waals surface area contributed by atoms with E-state index in [0.29, 0.717) is 24.2 Å². The highest BCUT2D eigenvalue weighted by Crippen LogP contribution is 2.25. The van der Waals surface area contributed by atoms with Crippen LogP contribution in [0.2, 0.25) is 0 Å².